The van der Waals surface area contributed by atoms with Crippen molar-refractivity contribution in [2.24, 2.45) is 10.9 Å². The predicted octanol–water partition coefficient (Wildman–Crippen LogP) is 4.02. The highest BCUT2D eigenvalue weighted by Crippen LogP contribution is 2.30. The zero-order valence-electron chi connectivity index (χ0n) is 9.98. The molecule has 0 radical (unpaired) electrons. The standard InChI is InChI=1S/C13H9Cl2FN2O2/c14-7-1-4-12(9(5-7)13(17)18-19)20-8-2-3-11(16)10(15)6-8/h1-6,19H,(H2,17,18). The Bertz CT molecular complexity index is 677. The number of oxime groups is 1. The zero-order valence-corrected chi connectivity index (χ0v) is 11.5. The summed E-state index contributed by atoms with van der Waals surface area (Å²) in [5.74, 6) is -0.0967. The van der Waals surface area contributed by atoms with Gasteiger partial charge in [-0.25, -0.2) is 4.39 Å². The lowest BCUT2D eigenvalue weighted by Gasteiger charge is -2.11. The molecule has 0 unspecified atom stereocenters. The van der Waals surface area contributed by atoms with Crippen molar-refractivity contribution in [2.45, 2.75) is 0 Å². The Morgan fingerprint density at radius 1 is 1.20 bits per heavy atom. The van der Waals surface area contributed by atoms with Crippen LogP contribution in [-0.4, -0.2) is 11.0 Å². The molecule has 0 heterocycles. The first-order valence-corrected chi connectivity index (χ1v) is 6.17. The molecule has 0 saturated heterocycles. The summed E-state index contributed by atoms with van der Waals surface area (Å²) in [7, 11) is 0. The maximum absolute atomic E-state index is 13.1. The Morgan fingerprint density at radius 3 is 2.60 bits per heavy atom. The predicted molar refractivity (Wildman–Crippen MR) is 75.4 cm³/mol. The summed E-state index contributed by atoms with van der Waals surface area (Å²) in [6.45, 7) is 0. The topological polar surface area (TPSA) is 67.8 Å². The molecule has 0 fully saturated rings. The molecule has 0 bridgehead atoms. The third-order valence-corrected chi connectivity index (χ3v) is 2.97. The zero-order chi connectivity index (χ0) is 14.7. The van der Waals surface area contributed by atoms with E-state index in [4.69, 9.17) is 38.9 Å². The molecule has 0 amide bonds. The van der Waals surface area contributed by atoms with Crippen LogP contribution in [0.25, 0.3) is 0 Å². The Hall–Kier alpha value is -1.98. The quantitative estimate of drug-likeness (QED) is 0.389. The molecule has 2 aromatic rings. The first-order chi connectivity index (χ1) is 9.51. The van der Waals surface area contributed by atoms with Gasteiger partial charge in [0.2, 0.25) is 0 Å². The van der Waals surface area contributed by atoms with Crippen LogP contribution in [0.3, 0.4) is 0 Å². The van der Waals surface area contributed by atoms with E-state index in [0.29, 0.717) is 22.1 Å². The van der Waals surface area contributed by atoms with Crippen molar-refractivity contribution in [3.05, 3.63) is 57.8 Å². The molecule has 0 aliphatic heterocycles. The SMILES string of the molecule is NC(=NO)c1cc(Cl)ccc1Oc1ccc(F)c(Cl)c1. The number of benzene rings is 2. The van der Waals surface area contributed by atoms with Gasteiger partial charge in [-0.3, -0.25) is 0 Å². The van der Waals surface area contributed by atoms with Gasteiger partial charge in [-0.1, -0.05) is 28.4 Å². The van der Waals surface area contributed by atoms with Crippen LogP contribution in [-0.2, 0) is 0 Å². The van der Waals surface area contributed by atoms with E-state index in [1.165, 1.54) is 24.3 Å². The minimum absolute atomic E-state index is 0.0678. The second kappa shape index (κ2) is 5.98. The van der Waals surface area contributed by atoms with Crippen LogP contribution in [0.2, 0.25) is 10.0 Å². The Labute approximate surface area is 124 Å². The summed E-state index contributed by atoms with van der Waals surface area (Å²) in [5, 5.41) is 12.0. The monoisotopic (exact) mass is 314 g/mol. The molecular formula is C13H9Cl2FN2O2. The maximum atomic E-state index is 13.1. The second-order valence-corrected chi connectivity index (χ2v) is 4.65. The molecule has 20 heavy (non-hydrogen) atoms. The fourth-order valence-electron chi connectivity index (χ4n) is 1.51. The van der Waals surface area contributed by atoms with Crippen LogP contribution in [0.4, 0.5) is 4.39 Å². The van der Waals surface area contributed by atoms with Gasteiger partial charge in [0.15, 0.2) is 5.84 Å². The average Bonchev–Trinajstić information content (AvgIpc) is 2.44. The van der Waals surface area contributed by atoms with Crippen LogP contribution in [0.15, 0.2) is 41.6 Å². The van der Waals surface area contributed by atoms with Gasteiger partial charge in [0.05, 0.1) is 10.6 Å². The van der Waals surface area contributed by atoms with E-state index in [1.807, 2.05) is 0 Å². The number of halogens is 3. The van der Waals surface area contributed by atoms with Crippen molar-refractivity contribution in [1.29, 1.82) is 0 Å². The average molecular weight is 315 g/mol. The molecule has 2 rings (SSSR count). The van der Waals surface area contributed by atoms with E-state index in [-0.39, 0.29) is 10.9 Å². The summed E-state index contributed by atoms with van der Waals surface area (Å²) in [6.07, 6.45) is 0. The molecular weight excluding hydrogens is 306 g/mol. The van der Waals surface area contributed by atoms with E-state index in [0.717, 1.165) is 0 Å². The molecule has 7 heteroatoms. The lowest BCUT2D eigenvalue weighted by Crippen LogP contribution is -2.14. The largest absolute Gasteiger partial charge is 0.457 e. The number of nitrogens with two attached hydrogens (primary N) is 1. The molecule has 0 atom stereocenters. The fourth-order valence-corrected chi connectivity index (χ4v) is 1.86. The van der Waals surface area contributed by atoms with E-state index >= 15 is 0 Å². The molecule has 0 aromatic heterocycles. The van der Waals surface area contributed by atoms with Crippen LogP contribution < -0.4 is 10.5 Å². The van der Waals surface area contributed by atoms with E-state index in [2.05, 4.69) is 5.16 Å². The van der Waals surface area contributed by atoms with Crippen molar-refractivity contribution >= 4 is 29.0 Å². The molecule has 0 aliphatic rings. The van der Waals surface area contributed by atoms with Gasteiger partial charge in [-0.15, -0.1) is 0 Å². The highest BCUT2D eigenvalue weighted by molar-refractivity contribution is 6.31. The number of rotatable bonds is 3. The Balaban J connectivity index is 2.40. The first kappa shape index (κ1) is 14.4. The number of ether oxygens (including phenoxy) is 1. The lowest BCUT2D eigenvalue weighted by atomic mass is 10.2. The molecule has 3 N–H and O–H groups in total. The van der Waals surface area contributed by atoms with Gasteiger partial charge >= 0.3 is 0 Å². The summed E-state index contributed by atoms with van der Waals surface area (Å²) < 4.78 is 18.6. The van der Waals surface area contributed by atoms with Gasteiger partial charge in [0.25, 0.3) is 0 Å². The van der Waals surface area contributed by atoms with Crippen molar-refractivity contribution in [1.82, 2.24) is 0 Å². The third kappa shape index (κ3) is 3.12. The van der Waals surface area contributed by atoms with Crippen LogP contribution in [0.5, 0.6) is 11.5 Å². The van der Waals surface area contributed by atoms with E-state index in [1.54, 1.807) is 12.1 Å². The highest BCUT2D eigenvalue weighted by atomic mass is 35.5. The molecule has 2 aromatic carbocycles. The number of amidine groups is 1. The Kier molecular flexibility index (Phi) is 4.32. The second-order valence-electron chi connectivity index (χ2n) is 3.80. The third-order valence-electron chi connectivity index (χ3n) is 2.44. The van der Waals surface area contributed by atoms with Gasteiger partial charge in [0.1, 0.15) is 17.3 Å². The minimum atomic E-state index is -0.549. The van der Waals surface area contributed by atoms with Crippen LogP contribution in [0.1, 0.15) is 5.56 Å². The van der Waals surface area contributed by atoms with Gasteiger partial charge in [-0.05, 0) is 30.3 Å². The molecule has 0 aliphatic carbocycles. The summed E-state index contributed by atoms with van der Waals surface area (Å²) in [4.78, 5) is 0. The van der Waals surface area contributed by atoms with Crippen molar-refractivity contribution in [3.8, 4) is 11.5 Å². The maximum Gasteiger partial charge on any atom is 0.173 e. The lowest BCUT2D eigenvalue weighted by molar-refractivity contribution is 0.318. The smallest absolute Gasteiger partial charge is 0.173 e. The normalized spacial score (nSPS) is 11.4. The number of nitrogens with zero attached hydrogens (tertiary/aromatic N) is 1. The fraction of sp³-hybridized carbons (Fsp3) is 0. The van der Waals surface area contributed by atoms with Crippen molar-refractivity contribution < 1.29 is 14.3 Å². The molecule has 0 spiro atoms. The molecule has 0 saturated carbocycles. The minimum Gasteiger partial charge on any atom is -0.457 e. The van der Waals surface area contributed by atoms with Crippen molar-refractivity contribution in [3.63, 3.8) is 0 Å². The molecule has 104 valence electrons. The Morgan fingerprint density at radius 2 is 1.95 bits per heavy atom. The van der Waals surface area contributed by atoms with Gasteiger partial charge in [0, 0.05) is 11.1 Å². The highest BCUT2D eigenvalue weighted by Gasteiger charge is 2.11. The van der Waals surface area contributed by atoms with E-state index in [9.17, 15) is 4.39 Å². The summed E-state index contributed by atoms with van der Waals surface area (Å²) >= 11 is 11.5. The van der Waals surface area contributed by atoms with E-state index < -0.39 is 5.82 Å². The van der Waals surface area contributed by atoms with Crippen molar-refractivity contribution in [2.75, 3.05) is 0 Å². The number of hydrogen-bond donors (Lipinski definition) is 2. The number of hydrogen-bond acceptors (Lipinski definition) is 3. The first-order valence-electron chi connectivity index (χ1n) is 5.41. The summed E-state index contributed by atoms with van der Waals surface area (Å²) in [6, 6.07) is 8.52. The van der Waals surface area contributed by atoms with Gasteiger partial charge < -0.3 is 15.7 Å². The van der Waals surface area contributed by atoms with Crippen LogP contribution in [0, 0.1) is 5.82 Å². The van der Waals surface area contributed by atoms with Crippen LogP contribution >= 0.6 is 23.2 Å². The summed E-state index contributed by atoms with van der Waals surface area (Å²) in [5.41, 5.74) is 5.85. The molecule has 4 nitrogen and oxygen atoms in total. The van der Waals surface area contributed by atoms with Gasteiger partial charge in [-0.2, -0.15) is 0 Å².